The molecular formula is C24H25N3O3S. The molecule has 2 aromatic heterocycles. The number of hydrogen-bond acceptors (Lipinski definition) is 5. The van der Waals surface area contributed by atoms with E-state index < -0.39 is 0 Å². The van der Waals surface area contributed by atoms with E-state index in [-0.39, 0.29) is 22.8 Å². The van der Waals surface area contributed by atoms with Gasteiger partial charge in [-0.1, -0.05) is 49.4 Å². The number of amides is 1. The number of benzene rings is 2. The van der Waals surface area contributed by atoms with Crippen LogP contribution in [0, 0.1) is 13.8 Å². The standard InChI is InChI=1S/C24H25N3O3S/c1-4-5-13-27-23(29)22-21(17-10-6-7-12-19(17)30-22)26-24(27)31-14-20(28)25-18-11-8-9-15(2)16(18)3/h6-12H,4-5,13-14H2,1-3H3,(H,25,28). The maximum atomic E-state index is 13.2. The van der Waals surface area contributed by atoms with Gasteiger partial charge in [0, 0.05) is 17.6 Å². The number of rotatable bonds is 7. The van der Waals surface area contributed by atoms with Crippen molar-refractivity contribution in [1.82, 2.24) is 9.55 Å². The minimum Gasteiger partial charge on any atom is -0.448 e. The largest absolute Gasteiger partial charge is 0.448 e. The molecule has 0 radical (unpaired) electrons. The van der Waals surface area contributed by atoms with Crippen LogP contribution in [0.2, 0.25) is 0 Å². The molecular weight excluding hydrogens is 410 g/mol. The lowest BCUT2D eigenvalue weighted by atomic mass is 10.1. The lowest BCUT2D eigenvalue weighted by Crippen LogP contribution is -2.24. The van der Waals surface area contributed by atoms with Crippen LogP contribution < -0.4 is 10.9 Å². The Balaban J connectivity index is 1.65. The van der Waals surface area contributed by atoms with Gasteiger partial charge in [-0.05, 0) is 49.6 Å². The highest BCUT2D eigenvalue weighted by Crippen LogP contribution is 2.27. The fourth-order valence-electron chi connectivity index (χ4n) is 3.48. The number of nitrogens with one attached hydrogen (secondary N) is 1. The van der Waals surface area contributed by atoms with Crippen molar-refractivity contribution < 1.29 is 9.21 Å². The minimum absolute atomic E-state index is 0.132. The zero-order chi connectivity index (χ0) is 22.0. The van der Waals surface area contributed by atoms with Crippen molar-refractivity contribution in [3.63, 3.8) is 0 Å². The lowest BCUT2D eigenvalue weighted by molar-refractivity contribution is -0.113. The molecule has 4 aromatic rings. The van der Waals surface area contributed by atoms with E-state index in [0.717, 1.165) is 35.0 Å². The molecule has 0 saturated carbocycles. The van der Waals surface area contributed by atoms with Crippen LogP contribution in [0.5, 0.6) is 0 Å². The fraction of sp³-hybridized carbons (Fsp3) is 0.292. The van der Waals surface area contributed by atoms with Crippen molar-refractivity contribution in [2.24, 2.45) is 0 Å². The predicted octanol–water partition coefficient (Wildman–Crippen LogP) is 5.29. The molecule has 0 aliphatic heterocycles. The predicted molar refractivity (Wildman–Crippen MR) is 126 cm³/mol. The summed E-state index contributed by atoms with van der Waals surface area (Å²) in [5.41, 5.74) is 4.22. The van der Waals surface area contributed by atoms with E-state index in [1.165, 1.54) is 11.8 Å². The van der Waals surface area contributed by atoms with Crippen LogP contribution in [0.1, 0.15) is 30.9 Å². The van der Waals surface area contributed by atoms with Gasteiger partial charge < -0.3 is 9.73 Å². The Morgan fingerprint density at radius 1 is 1.16 bits per heavy atom. The third kappa shape index (κ3) is 4.23. The van der Waals surface area contributed by atoms with Crippen LogP contribution in [0.4, 0.5) is 5.69 Å². The van der Waals surface area contributed by atoms with Gasteiger partial charge in [0.15, 0.2) is 5.16 Å². The van der Waals surface area contributed by atoms with E-state index in [1.54, 1.807) is 4.57 Å². The number of aryl methyl sites for hydroxylation is 1. The lowest BCUT2D eigenvalue weighted by Gasteiger charge is -2.12. The summed E-state index contributed by atoms with van der Waals surface area (Å²) in [5, 5.41) is 4.31. The molecule has 31 heavy (non-hydrogen) atoms. The van der Waals surface area contributed by atoms with E-state index in [2.05, 4.69) is 12.2 Å². The van der Waals surface area contributed by atoms with Gasteiger partial charge in [-0.15, -0.1) is 0 Å². The SMILES string of the molecule is CCCCn1c(SCC(=O)Nc2cccc(C)c2C)nc2c(oc3ccccc32)c1=O. The molecule has 0 aliphatic carbocycles. The molecule has 6 nitrogen and oxygen atoms in total. The first-order chi connectivity index (χ1) is 15.0. The van der Waals surface area contributed by atoms with E-state index in [1.807, 2.05) is 56.3 Å². The molecule has 0 bridgehead atoms. The van der Waals surface area contributed by atoms with Gasteiger partial charge in [0.2, 0.25) is 11.5 Å². The Morgan fingerprint density at radius 3 is 2.77 bits per heavy atom. The third-order valence-corrected chi connectivity index (χ3v) is 6.37. The van der Waals surface area contributed by atoms with Gasteiger partial charge in [-0.25, -0.2) is 4.98 Å². The van der Waals surface area contributed by atoms with E-state index in [9.17, 15) is 9.59 Å². The first-order valence-electron chi connectivity index (χ1n) is 10.4. The topological polar surface area (TPSA) is 77.1 Å². The minimum atomic E-state index is -0.202. The molecule has 0 fully saturated rings. The third-order valence-electron chi connectivity index (χ3n) is 5.39. The summed E-state index contributed by atoms with van der Waals surface area (Å²) in [6.07, 6.45) is 1.79. The molecule has 1 N–H and O–H groups in total. The quantitative estimate of drug-likeness (QED) is 0.315. The van der Waals surface area contributed by atoms with Gasteiger partial charge >= 0.3 is 0 Å². The average molecular weight is 436 g/mol. The van der Waals surface area contributed by atoms with Crippen molar-refractivity contribution in [2.45, 2.75) is 45.3 Å². The molecule has 4 rings (SSSR count). The number of carbonyl (C=O) groups excluding carboxylic acids is 1. The molecule has 1 amide bonds. The summed E-state index contributed by atoms with van der Waals surface area (Å²) in [7, 11) is 0. The van der Waals surface area contributed by atoms with Crippen molar-refractivity contribution in [1.29, 1.82) is 0 Å². The summed E-state index contributed by atoms with van der Waals surface area (Å²) in [6.45, 7) is 6.61. The molecule has 2 heterocycles. The summed E-state index contributed by atoms with van der Waals surface area (Å²) in [4.78, 5) is 30.5. The summed E-state index contributed by atoms with van der Waals surface area (Å²) in [6, 6.07) is 13.3. The van der Waals surface area contributed by atoms with Crippen LogP contribution in [0.25, 0.3) is 22.1 Å². The van der Waals surface area contributed by atoms with Crippen LogP contribution in [-0.2, 0) is 11.3 Å². The second kappa shape index (κ2) is 8.98. The normalized spacial score (nSPS) is 11.3. The second-order valence-electron chi connectivity index (χ2n) is 7.56. The van der Waals surface area contributed by atoms with Crippen LogP contribution in [0.3, 0.4) is 0 Å². The first-order valence-corrected chi connectivity index (χ1v) is 11.4. The Hall–Kier alpha value is -3.06. The molecule has 160 valence electrons. The number of anilines is 1. The molecule has 0 saturated heterocycles. The number of hydrogen-bond donors (Lipinski definition) is 1. The Morgan fingerprint density at radius 2 is 1.97 bits per heavy atom. The van der Waals surface area contributed by atoms with Crippen LogP contribution >= 0.6 is 11.8 Å². The van der Waals surface area contributed by atoms with Crippen molar-refractivity contribution in [3.05, 3.63) is 63.9 Å². The molecule has 0 unspecified atom stereocenters. The Labute approximate surface area is 184 Å². The Kier molecular flexibility index (Phi) is 6.13. The average Bonchev–Trinajstić information content (AvgIpc) is 3.14. The number of fused-ring (bicyclic) bond motifs is 3. The maximum Gasteiger partial charge on any atom is 0.297 e. The molecule has 7 heteroatoms. The number of thioether (sulfide) groups is 1. The molecule has 0 atom stereocenters. The van der Waals surface area contributed by atoms with E-state index in [4.69, 9.17) is 9.40 Å². The molecule has 2 aromatic carbocycles. The first kappa shape index (κ1) is 21.2. The van der Waals surface area contributed by atoms with Crippen LogP contribution in [-0.4, -0.2) is 21.2 Å². The smallest absolute Gasteiger partial charge is 0.297 e. The zero-order valence-corrected chi connectivity index (χ0v) is 18.7. The van der Waals surface area contributed by atoms with Crippen molar-refractivity contribution in [3.8, 4) is 0 Å². The van der Waals surface area contributed by atoms with Gasteiger partial charge in [-0.2, -0.15) is 0 Å². The number of carbonyl (C=O) groups is 1. The number of nitrogens with zero attached hydrogens (tertiary/aromatic N) is 2. The number of aromatic nitrogens is 2. The summed E-state index contributed by atoms with van der Waals surface area (Å²) in [5.74, 6) is 0.0277. The van der Waals surface area contributed by atoms with Gasteiger partial charge in [0.1, 0.15) is 11.1 Å². The second-order valence-corrected chi connectivity index (χ2v) is 8.51. The van der Waals surface area contributed by atoms with Gasteiger partial charge in [0.25, 0.3) is 5.56 Å². The monoisotopic (exact) mass is 435 g/mol. The number of para-hydroxylation sites is 1. The fourth-order valence-corrected chi connectivity index (χ4v) is 4.30. The Bertz CT molecular complexity index is 1320. The highest BCUT2D eigenvalue weighted by molar-refractivity contribution is 7.99. The van der Waals surface area contributed by atoms with E-state index >= 15 is 0 Å². The number of unbranched alkanes of at least 4 members (excludes halogenated alkanes) is 1. The summed E-state index contributed by atoms with van der Waals surface area (Å²) < 4.78 is 7.43. The van der Waals surface area contributed by atoms with E-state index in [0.29, 0.717) is 22.8 Å². The van der Waals surface area contributed by atoms with Gasteiger partial charge in [-0.3, -0.25) is 14.2 Å². The highest BCUT2D eigenvalue weighted by atomic mass is 32.2. The van der Waals surface area contributed by atoms with Crippen molar-refractivity contribution in [2.75, 3.05) is 11.1 Å². The highest BCUT2D eigenvalue weighted by Gasteiger charge is 2.18. The zero-order valence-electron chi connectivity index (χ0n) is 17.9. The van der Waals surface area contributed by atoms with Crippen LogP contribution in [0.15, 0.2) is 56.8 Å². The maximum absolute atomic E-state index is 13.2. The summed E-state index contributed by atoms with van der Waals surface area (Å²) >= 11 is 1.27. The number of furan rings is 1. The molecule has 0 aliphatic rings. The van der Waals surface area contributed by atoms with Gasteiger partial charge in [0.05, 0.1) is 5.75 Å². The van der Waals surface area contributed by atoms with Crippen molar-refractivity contribution >= 4 is 45.4 Å². The molecule has 0 spiro atoms.